The SMILES string of the molecule is CCC(C)CCC(CC)Nc1nc(NC(CC)CCC(C)C)nc(NC2CCC(CC)CC2)n1. The van der Waals surface area contributed by atoms with Gasteiger partial charge in [0.15, 0.2) is 0 Å². The molecule has 1 heterocycles. The molecule has 3 unspecified atom stereocenters. The summed E-state index contributed by atoms with van der Waals surface area (Å²) >= 11 is 0. The molecule has 1 aliphatic rings. The average molecular weight is 475 g/mol. The Kier molecular flexibility index (Phi) is 13.0. The maximum absolute atomic E-state index is 4.82. The molecule has 3 N–H and O–H groups in total. The maximum Gasteiger partial charge on any atom is 0.229 e. The summed E-state index contributed by atoms with van der Waals surface area (Å²) in [5.41, 5.74) is 0. The van der Waals surface area contributed by atoms with Crippen LogP contribution in [-0.4, -0.2) is 33.1 Å². The molecular weight excluding hydrogens is 420 g/mol. The predicted molar refractivity (Wildman–Crippen MR) is 148 cm³/mol. The van der Waals surface area contributed by atoms with Crippen LogP contribution in [0.4, 0.5) is 17.8 Å². The van der Waals surface area contributed by atoms with Gasteiger partial charge in [-0.15, -0.1) is 0 Å². The van der Waals surface area contributed by atoms with E-state index in [4.69, 9.17) is 15.0 Å². The smallest absolute Gasteiger partial charge is 0.229 e. The van der Waals surface area contributed by atoms with Crippen molar-refractivity contribution in [1.29, 1.82) is 0 Å². The predicted octanol–water partition coefficient (Wildman–Crippen LogP) is 7.90. The fourth-order valence-corrected chi connectivity index (χ4v) is 4.81. The van der Waals surface area contributed by atoms with Crippen molar-refractivity contribution < 1.29 is 0 Å². The molecule has 2 rings (SSSR count). The van der Waals surface area contributed by atoms with E-state index in [1.54, 1.807) is 0 Å². The van der Waals surface area contributed by atoms with Crippen LogP contribution < -0.4 is 16.0 Å². The van der Waals surface area contributed by atoms with E-state index < -0.39 is 0 Å². The van der Waals surface area contributed by atoms with Crippen molar-refractivity contribution in [3.8, 4) is 0 Å². The Bertz CT molecular complexity index is 671. The molecule has 6 heteroatoms. The summed E-state index contributed by atoms with van der Waals surface area (Å²) in [5.74, 6) is 4.47. The van der Waals surface area contributed by atoms with Gasteiger partial charge in [-0.25, -0.2) is 0 Å². The molecule has 0 aromatic carbocycles. The molecule has 6 nitrogen and oxygen atoms in total. The third-order valence-corrected chi connectivity index (χ3v) is 7.84. The summed E-state index contributed by atoms with van der Waals surface area (Å²) in [6.07, 6.45) is 14.4. The minimum absolute atomic E-state index is 0.387. The van der Waals surface area contributed by atoms with Gasteiger partial charge in [0.2, 0.25) is 17.8 Å². The van der Waals surface area contributed by atoms with E-state index in [-0.39, 0.29) is 0 Å². The summed E-state index contributed by atoms with van der Waals surface area (Å²) in [6, 6.07) is 1.24. The van der Waals surface area contributed by atoms with Crippen molar-refractivity contribution >= 4 is 17.8 Å². The van der Waals surface area contributed by atoms with Gasteiger partial charge in [0.25, 0.3) is 0 Å². The van der Waals surface area contributed by atoms with Gasteiger partial charge in [-0.2, -0.15) is 15.0 Å². The summed E-state index contributed by atoms with van der Waals surface area (Å²) in [4.78, 5) is 14.5. The molecule has 0 amide bonds. The molecule has 1 aliphatic carbocycles. The second-order valence-corrected chi connectivity index (χ2v) is 11.1. The summed E-state index contributed by atoms with van der Waals surface area (Å²) in [7, 11) is 0. The number of nitrogens with one attached hydrogen (secondary N) is 3. The molecule has 0 bridgehead atoms. The first-order valence-electron chi connectivity index (χ1n) is 14.4. The van der Waals surface area contributed by atoms with Crippen molar-refractivity contribution in [2.75, 3.05) is 16.0 Å². The second kappa shape index (κ2) is 15.4. The number of hydrogen-bond donors (Lipinski definition) is 3. The Morgan fingerprint density at radius 1 is 0.676 bits per heavy atom. The van der Waals surface area contributed by atoms with E-state index in [1.165, 1.54) is 51.4 Å². The third-order valence-electron chi connectivity index (χ3n) is 7.84. The van der Waals surface area contributed by atoms with E-state index >= 15 is 0 Å². The standard InChI is InChI=1S/C28H54N6/c1-8-21(7)13-17-24(11-4)30-27-32-26(29-23(10-3)16-12-20(5)6)33-28(34-27)31-25-18-14-22(9-2)15-19-25/h20-25H,8-19H2,1-7H3,(H3,29,30,31,32,33,34). The zero-order valence-corrected chi connectivity index (χ0v) is 23.3. The van der Waals surface area contributed by atoms with E-state index in [2.05, 4.69) is 64.4 Å². The minimum atomic E-state index is 0.387. The topological polar surface area (TPSA) is 74.8 Å². The lowest BCUT2D eigenvalue weighted by atomic mass is 9.85. The molecule has 1 fully saturated rings. The van der Waals surface area contributed by atoms with Crippen molar-refractivity contribution in [3.05, 3.63) is 0 Å². The zero-order valence-electron chi connectivity index (χ0n) is 23.3. The number of nitrogens with zero attached hydrogens (tertiary/aromatic N) is 3. The van der Waals surface area contributed by atoms with Crippen LogP contribution >= 0.6 is 0 Å². The fourth-order valence-electron chi connectivity index (χ4n) is 4.81. The Balaban J connectivity index is 2.14. The number of aromatic nitrogens is 3. The van der Waals surface area contributed by atoms with Crippen molar-refractivity contribution in [2.24, 2.45) is 17.8 Å². The van der Waals surface area contributed by atoms with Crippen LogP contribution in [0.5, 0.6) is 0 Å². The molecule has 1 saturated carbocycles. The molecule has 0 aliphatic heterocycles. The van der Waals surface area contributed by atoms with Crippen LogP contribution in [0.1, 0.15) is 126 Å². The lowest BCUT2D eigenvalue weighted by molar-refractivity contribution is 0.329. The van der Waals surface area contributed by atoms with Gasteiger partial charge in [-0.05, 0) is 82.0 Å². The highest BCUT2D eigenvalue weighted by Crippen LogP contribution is 2.28. The molecule has 1 aromatic rings. The van der Waals surface area contributed by atoms with Gasteiger partial charge >= 0.3 is 0 Å². The van der Waals surface area contributed by atoms with Crippen molar-refractivity contribution in [2.45, 2.75) is 144 Å². The third kappa shape index (κ3) is 10.4. The second-order valence-electron chi connectivity index (χ2n) is 11.1. The summed E-state index contributed by atoms with van der Waals surface area (Å²) < 4.78 is 0. The first kappa shape index (κ1) is 28.6. The zero-order chi connectivity index (χ0) is 24.9. The van der Waals surface area contributed by atoms with Gasteiger partial charge in [0, 0.05) is 18.1 Å². The van der Waals surface area contributed by atoms with Gasteiger partial charge in [-0.3, -0.25) is 0 Å². The average Bonchev–Trinajstić information content (AvgIpc) is 2.84. The number of anilines is 3. The summed E-state index contributed by atoms with van der Waals surface area (Å²) in [5, 5.41) is 10.9. The van der Waals surface area contributed by atoms with Crippen LogP contribution in [0.15, 0.2) is 0 Å². The van der Waals surface area contributed by atoms with Crippen molar-refractivity contribution in [3.63, 3.8) is 0 Å². The van der Waals surface area contributed by atoms with E-state index in [9.17, 15) is 0 Å². The molecular formula is C28H54N6. The quantitative estimate of drug-likeness (QED) is 0.226. The van der Waals surface area contributed by atoms with Crippen molar-refractivity contribution in [1.82, 2.24) is 15.0 Å². The van der Waals surface area contributed by atoms with Gasteiger partial charge in [0.05, 0.1) is 0 Å². The van der Waals surface area contributed by atoms with Gasteiger partial charge < -0.3 is 16.0 Å². The number of rotatable bonds is 16. The molecule has 3 atom stereocenters. The molecule has 0 radical (unpaired) electrons. The molecule has 1 aromatic heterocycles. The highest BCUT2D eigenvalue weighted by atomic mass is 15.3. The largest absolute Gasteiger partial charge is 0.351 e. The van der Waals surface area contributed by atoms with Crippen LogP contribution in [-0.2, 0) is 0 Å². The van der Waals surface area contributed by atoms with E-state index in [0.717, 1.165) is 43.5 Å². The Hall–Kier alpha value is -1.59. The van der Waals surface area contributed by atoms with Crippen LogP contribution in [0.25, 0.3) is 0 Å². The molecule has 34 heavy (non-hydrogen) atoms. The van der Waals surface area contributed by atoms with E-state index in [1.807, 2.05) is 0 Å². The highest BCUT2D eigenvalue weighted by molar-refractivity contribution is 5.43. The highest BCUT2D eigenvalue weighted by Gasteiger charge is 2.22. The monoisotopic (exact) mass is 474 g/mol. The first-order valence-corrected chi connectivity index (χ1v) is 14.4. The molecule has 196 valence electrons. The number of hydrogen-bond acceptors (Lipinski definition) is 6. The lowest BCUT2D eigenvalue weighted by Gasteiger charge is -2.28. The Morgan fingerprint density at radius 3 is 1.68 bits per heavy atom. The molecule has 0 saturated heterocycles. The van der Waals surface area contributed by atoms with Gasteiger partial charge in [0.1, 0.15) is 0 Å². The van der Waals surface area contributed by atoms with Crippen LogP contribution in [0.3, 0.4) is 0 Å². The maximum atomic E-state index is 4.82. The Labute approximate surface area is 210 Å². The van der Waals surface area contributed by atoms with Crippen LogP contribution in [0.2, 0.25) is 0 Å². The normalized spacial score (nSPS) is 21.2. The minimum Gasteiger partial charge on any atom is -0.351 e. The summed E-state index contributed by atoms with van der Waals surface area (Å²) in [6.45, 7) is 16.0. The lowest BCUT2D eigenvalue weighted by Crippen LogP contribution is -2.28. The van der Waals surface area contributed by atoms with Crippen LogP contribution in [0, 0.1) is 17.8 Å². The van der Waals surface area contributed by atoms with Gasteiger partial charge in [-0.1, -0.05) is 61.3 Å². The van der Waals surface area contributed by atoms with E-state index in [0.29, 0.717) is 35.9 Å². The fraction of sp³-hybridized carbons (Fsp3) is 0.893. The molecule has 0 spiro atoms. The Morgan fingerprint density at radius 2 is 1.21 bits per heavy atom. The first-order chi connectivity index (χ1) is 16.4.